The number of amides is 2. The van der Waals surface area contributed by atoms with Crippen LogP contribution in [0.4, 0.5) is 0 Å². The van der Waals surface area contributed by atoms with Gasteiger partial charge < -0.3 is 24.0 Å². The summed E-state index contributed by atoms with van der Waals surface area (Å²) < 4.78 is 17.4. The minimum absolute atomic E-state index is 0.0194. The number of carbonyl (C=O) groups is 2. The minimum Gasteiger partial charge on any atom is -0.491 e. The molecule has 0 fully saturated rings. The number of hydrogen-bond acceptors (Lipinski definition) is 5. The highest BCUT2D eigenvalue weighted by molar-refractivity contribution is 5.97. The van der Waals surface area contributed by atoms with E-state index in [0.717, 1.165) is 30.6 Å². The van der Waals surface area contributed by atoms with E-state index in [4.69, 9.17) is 14.2 Å². The molecule has 1 heterocycles. The molecule has 0 bridgehead atoms. The van der Waals surface area contributed by atoms with Gasteiger partial charge in [-0.1, -0.05) is 44.2 Å². The number of rotatable bonds is 8. The van der Waals surface area contributed by atoms with Gasteiger partial charge in [0.2, 0.25) is 0 Å². The van der Waals surface area contributed by atoms with E-state index < -0.39 is 0 Å². The molecule has 0 saturated carbocycles. The van der Waals surface area contributed by atoms with Crippen molar-refractivity contribution < 1.29 is 23.8 Å². The van der Waals surface area contributed by atoms with Gasteiger partial charge in [0.1, 0.15) is 18.1 Å². The highest BCUT2D eigenvalue weighted by Gasteiger charge is 2.28. The lowest BCUT2D eigenvalue weighted by atomic mass is 10.0. The molecule has 1 aliphatic heterocycles. The molecule has 2 aromatic rings. The SMILES string of the molecule is COCCN1CCCCN(C(=O)COc2ccccc2C)[C@@H](CC(C)C)COc2ccccc2C1=O. The maximum atomic E-state index is 13.5. The van der Waals surface area contributed by atoms with Crippen molar-refractivity contribution in [2.45, 2.75) is 46.1 Å². The molecule has 2 amide bonds. The summed E-state index contributed by atoms with van der Waals surface area (Å²) in [6.45, 7) is 8.71. The molecule has 0 radical (unpaired) electrons. The van der Waals surface area contributed by atoms with Crippen LogP contribution in [0.3, 0.4) is 0 Å². The van der Waals surface area contributed by atoms with E-state index in [-0.39, 0.29) is 24.5 Å². The van der Waals surface area contributed by atoms with E-state index in [1.165, 1.54) is 0 Å². The van der Waals surface area contributed by atoms with Crippen molar-refractivity contribution in [3.05, 3.63) is 59.7 Å². The lowest BCUT2D eigenvalue weighted by molar-refractivity contribution is -0.137. The number of aryl methyl sites for hydroxylation is 1. The number of carbonyl (C=O) groups excluding carboxylic acids is 2. The fraction of sp³-hybridized carbons (Fsp3) is 0.517. The second-order valence-corrected chi connectivity index (χ2v) is 9.72. The van der Waals surface area contributed by atoms with E-state index in [9.17, 15) is 9.59 Å². The number of nitrogens with zero attached hydrogens (tertiary/aromatic N) is 2. The number of fused-ring (bicyclic) bond motifs is 1. The van der Waals surface area contributed by atoms with Gasteiger partial charge in [0.25, 0.3) is 11.8 Å². The molecule has 7 heteroatoms. The molecule has 0 spiro atoms. The zero-order chi connectivity index (χ0) is 25.9. The number of hydrogen-bond donors (Lipinski definition) is 0. The van der Waals surface area contributed by atoms with Crippen molar-refractivity contribution in [1.82, 2.24) is 9.80 Å². The standard InChI is InChI=1S/C29H40N2O5/c1-22(2)19-24-20-35-27-14-8-6-12-25(27)29(33)30(17-18-34-4)15-9-10-16-31(24)28(32)21-36-26-13-7-5-11-23(26)3/h5-8,11-14,22,24H,9-10,15-21H2,1-4H3/t24-/m0/s1. The molecule has 0 saturated heterocycles. The van der Waals surface area contributed by atoms with Crippen molar-refractivity contribution in [1.29, 1.82) is 0 Å². The Kier molecular flexibility index (Phi) is 10.6. The Hall–Kier alpha value is -3.06. The van der Waals surface area contributed by atoms with Crippen LogP contribution in [0, 0.1) is 12.8 Å². The van der Waals surface area contributed by atoms with Crippen molar-refractivity contribution in [3.63, 3.8) is 0 Å². The third kappa shape index (κ3) is 7.72. The molecule has 3 rings (SSSR count). The Morgan fingerprint density at radius 3 is 2.56 bits per heavy atom. The number of methoxy groups -OCH3 is 1. The third-order valence-electron chi connectivity index (χ3n) is 6.43. The molecule has 1 aliphatic rings. The molecule has 0 N–H and O–H groups in total. The van der Waals surface area contributed by atoms with Gasteiger partial charge in [0.05, 0.1) is 18.2 Å². The molecule has 7 nitrogen and oxygen atoms in total. The second-order valence-electron chi connectivity index (χ2n) is 9.72. The summed E-state index contributed by atoms with van der Waals surface area (Å²) in [5.74, 6) is 1.54. The molecule has 0 unspecified atom stereocenters. The first-order valence-corrected chi connectivity index (χ1v) is 12.9. The minimum atomic E-state index is -0.120. The lowest BCUT2D eigenvalue weighted by Gasteiger charge is -2.34. The zero-order valence-corrected chi connectivity index (χ0v) is 22.1. The summed E-state index contributed by atoms with van der Waals surface area (Å²) in [6.07, 6.45) is 2.37. The molecule has 0 aromatic heterocycles. The Morgan fingerprint density at radius 1 is 1.08 bits per heavy atom. The fourth-order valence-corrected chi connectivity index (χ4v) is 4.51. The van der Waals surface area contributed by atoms with Crippen LogP contribution < -0.4 is 9.47 Å². The molecule has 196 valence electrons. The Balaban J connectivity index is 1.83. The van der Waals surface area contributed by atoms with E-state index in [0.29, 0.717) is 50.1 Å². The number of ether oxygens (including phenoxy) is 3. The van der Waals surface area contributed by atoms with Crippen LogP contribution in [0.1, 0.15) is 49.0 Å². The van der Waals surface area contributed by atoms with Crippen LogP contribution in [-0.2, 0) is 9.53 Å². The normalized spacial score (nSPS) is 17.1. The van der Waals surface area contributed by atoms with E-state index in [1.807, 2.05) is 59.2 Å². The molecule has 36 heavy (non-hydrogen) atoms. The predicted octanol–water partition coefficient (Wildman–Crippen LogP) is 4.58. The van der Waals surface area contributed by atoms with Crippen molar-refractivity contribution in [3.8, 4) is 11.5 Å². The summed E-state index contributed by atoms with van der Waals surface area (Å²) in [5.41, 5.74) is 1.54. The Morgan fingerprint density at radius 2 is 1.81 bits per heavy atom. The van der Waals surface area contributed by atoms with E-state index in [1.54, 1.807) is 13.2 Å². The summed E-state index contributed by atoms with van der Waals surface area (Å²) in [5, 5.41) is 0. The average molecular weight is 497 g/mol. The van der Waals surface area contributed by atoms with Crippen LogP contribution in [0.5, 0.6) is 11.5 Å². The summed E-state index contributed by atoms with van der Waals surface area (Å²) in [4.78, 5) is 30.5. The molecule has 0 aliphatic carbocycles. The maximum absolute atomic E-state index is 13.5. The fourth-order valence-electron chi connectivity index (χ4n) is 4.51. The van der Waals surface area contributed by atoms with Crippen molar-refractivity contribution in [2.24, 2.45) is 5.92 Å². The highest BCUT2D eigenvalue weighted by atomic mass is 16.5. The first-order chi connectivity index (χ1) is 17.4. The summed E-state index contributed by atoms with van der Waals surface area (Å²) in [6, 6.07) is 15.0. The van der Waals surface area contributed by atoms with Gasteiger partial charge in [-0.15, -0.1) is 0 Å². The maximum Gasteiger partial charge on any atom is 0.260 e. The summed E-state index contributed by atoms with van der Waals surface area (Å²) >= 11 is 0. The number of benzene rings is 2. The number of para-hydroxylation sites is 2. The molecular weight excluding hydrogens is 456 g/mol. The van der Waals surface area contributed by atoms with E-state index in [2.05, 4.69) is 13.8 Å². The zero-order valence-electron chi connectivity index (χ0n) is 22.1. The van der Waals surface area contributed by atoms with E-state index >= 15 is 0 Å². The second kappa shape index (κ2) is 13.9. The van der Waals surface area contributed by atoms with Crippen molar-refractivity contribution in [2.75, 3.05) is 46.6 Å². The smallest absolute Gasteiger partial charge is 0.260 e. The van der Waals surface area contributed by atoms with Crippen LogP contribution in [0.2, 0.25) is 0 Å². The van der Waals surface area contributed by atoms with Gasteiger partial charge >= 0.3 is 0 Å². The monoisotopic (exact) mass is 496 g/mol. The largest absolute Gasteiger partial charge is 0.491 e. The van der Waals surface area contributed by atoms with Crippen LogP contribution in [0.15, 0.2) is 48.5 Å². The van der Waals surface area contributed by atoms with Gasteiger partial charge in [0.15, 0.2) is 6.61 Å². The molecule has 2 aromatic carbocycles. The Labute approximate surface area is 215 Å². The molecule has 1 atom stereocenters. The topological polar surface area (TPSA) is 68.3 Å². The van der Waals surface area contributed by atoms with Crippen LogP contribution in [0.25, 0.3) is 0 Å². The van der Waals surface area contributed by atoms with Gasteiger partial charge in [-0.2, -0.15) is 0 Å². The van der Waals surface area contributed by atoms with Gasteiger partial charge in [-0.05, 0) is 55.9 Å². The third-order valence-corrected chi connectivity index (χ3v) is 6.43. The van der Waals surface area contributed by atoms with Crippen LogP contribution >= 0.6 is 0 Å². The Bertz CT molecular complexity index is 993. The van der Waals surface area contributed by atoms with Gasteiger partial charge in [0, 0.05) is 26.7 Å². The van der Waals surface area contributed by atoms with Gasteiger partial charge in [-0.25, -0.2) is 0 Å². The van der Waals surface area contributed by atoms with Crippen molar-refractivity contribution >= 4 is 11.8 Å². The first kappa shape index (κ1) is 27.5. The predicted molar refractivity (Wildman–Crippen MR) is 141 cm³/mol. The lowest BCUT2D eigenvalue weighted by Crippen LogP contribution is -2.47. The van der Waals surface area contributed by atoms with Crippen LogP contribution in [-0.4, -0.2) is 74.2 Å². The summed E-state index contributed by atoms with van der Waals surface area (Å²) in [7, 11) is 1.63. The highest BCUT2D eigenvalue weighted by Crippen LogP contribution is 2.24. The average Bonchev–Trinajstić information content (AvgIpc) is 2.87. The molecular formula is C29H40N2O5. The first-order valence-electron chi connectivity index (χ1n) is 12.9. The quantitative estimate of drug-likeness (QED) is 0.535. The van der Waals surface area contributed by atoms with Gasteiger partial charge in [-0.3, -0.25) is 9.59 Å².